The van der Waals surface area contributed by atoms with Gasteiger partial charge in [-0.15, -0.1) is 0 Å². The van der Waals surface area contributed by atoms with Crippen molar-refractivity contribution >= 4 is 23.9 Å². The van der Waals surface area contributed by atoms with E-state index < -0.39 is 230 Å². The van der Waals surface area contributed by atoms with Gasteiger partial charge in [-0.05, 0) is 99.7 Å². The van der Waals surface area contributed by atoms with Gasteiger partial charge in [-0.25, -0.2) is 9.59 Å². The highest BCUT2D eigenvalue weighted by molar-refractivity contribution is 5.88. The van der Waals surface area contributed by atoms with E-state index in [1.165, 1.54) is 14.0 Å². The van der Waals surface area contributed by atoms with E-state index in [0.717, 1.165) is 5.57 Å². The first-order chi connectivity index (χ1) is 41.2. The summed E-state index contributed by atoms with van der Waals surface area (Å²) >= 11 is 0. The van der Waals surface area contributed by atoms with Gasteiger partial charge in [0.1, 0.15) is 91.6 Å². The topological polar surface area (TPSA) is 433 Å². The lowest BCUT2D eigenvalue weighted by molar-refractivity contribution is -0.399. The third-order valence-electron chi connectivity index (χ3n) is 22.5. The largest absolute Gasteiger partial charge is 0.479 e. The van der Waals surface area contributed by atoms with E-state index in [4.69, 9.17) is 52.1 Å². The molecule has 500 valence electrons. The first-order valence-corrected chi connectivity index (χ1v) is 30.4. The van der Waals surface area contributed by atoms with Gasteiger partial charge in [0, 0.05) is 17.9 Å². The molecule has 9 aliphatic rings. The summed E-state index contributed by atoms with van der Waals surface area (Å²) in [6.45, 7) is 13.6. The minimum Gasteiger partial charge on any atom is -0.479 e. The summed E-state index contributed by atoms with van der Waals surface area (Å²) in [6.07, 6.45) is -34.1. The van der Waals surface area contributed by atoms with Gasteiger partial charge in [0.05, 0.1) is 56.6 Å². The first-order valence-electron chi connectivity index (χ1n) is 30.4. The molecule has 0 aromatic carbocycles. The molecule has 4 saturated carbocycles. The number of carboxylic acids is 1. The molecule has 4 aliphatic heterocycles. The zero-order valence-corrected chi connectivity index (χ0v) is 51.3. The van der Waals surface area contributed by atoms with Crippen molar-refractivity contribution in [1.82, 2.24) is 0 Å². The van der Waals surface area contributed by atoms with Crippen LogP contribution in [0.2, 0.25) is 0 Å². The molecule has 28 nitrogen and oxygen atoms in total. The Morgan fingerprint density at radius 2 is 1.28 bits per heavy atom. The van der Waals surface area contributed by atoms with Crippen LogP contribution in [0, 0.1) is 50.2 Å². The van der Waals surface area contributed by atoms with Crippen LogP contribution in [0.3, 0.4) is 0 Å². The summed E-state index contributed by atoms with van der Waals surface area (Å²) in [5.74, 6) is -5.21. The van der Waals surface area contributed by atoms with Crippen LogP contribution in [-0.4, -0.2) is 259 Å². The minimum atomic E-state index is -2.31. The molecule has 0 aromatic rings. The van der Waals surface area contributed by atoms with Gasteiger partial charge < -0.3 is 118 Å². The van der Waals surface area contributed by atoms with E-state index in [1.54, 1.807) is 26.8 Å². The number of ether oxygens (including phenoxy) is 11. The lowest BCUT2D eigenvalue weighted by Gasteiger charge is -2.72. The molecule has 0 radical (unpaired) electrons. The number of methoxy groups -OCH3 is 1. The summed E-state index contributed by atoms with van der Waals surface area (Å²) in [5.41, 5.74) is -4.88. The normalized spacial score (nSPS) is 50.2. The van der Waals surface area contributed by atoms with Crippen molar-refractivity contribution in [3.8, 4) is 0 Å². The number of hydrogen-bond donors (Lipinski definition) is 13. The highest BCUT2D eigenvalue weighted by Crippen LogP contribution is 2.76. The van der Waals surface area contributed by atoms with Gasteiger partial charge in [0.25, 0.3) is 0 Å². The van der Waals surface area contributed by atoms with Gasteiger partial charge in [0.15, 0.2) is 31.3 Å². The number of fused-ring (bicyclic) bond motifs is 7. The van der Waals surface area contributed by atoms with Crippen LogP contribution < -0.4 is 0 Å². The van der Waals surface area contributed by atoms with Gasteiger partial charge in [-0.3, -0.25) is 9.59 Å². The van der Waals surface area contributed by atoms with Crippen molar-refractivity contribution in [2.45, 2.75) is 242 Å². The van der Waals surface area contributed by atoms with Crippen LogP contribution in [-0.2, 0) is 71.3 Å². The van der Waals surface area contributed by atoms with E-state index in [2.05, 4.69) is 26.8 Å². The molecule has 0 bridgehead atoms. The molecular weight excluding hydrogens is 1170 g/mol. The predicted molar refractivity (Wildman–Crippen MR) is 295 cm³/mol. The Labute approximate surface area is 509 Å². The molecule has 0 amide bonds. The average Bonchev–Trinajstić information content (AvgIpc) is 0.681. The van der Waals surface area contributed by atoms with Crippen molar-refractivity contribution < 1.29 is 138 Å². The van der Waals surface area contributed by atoms with Crippen LogP contribution in [0.1, 0.15) is 107 Å². The molecule has 88 heavy (non-hydrogen) atoms. The molecule has 9 rings (SSSR count). The lowest BCUT2D eigenvalue weighted by Crippen LogP contribution is -2.73. The summed E-state index contributed by atoms with van der Waals surface area (Å²) in [4.78, 5) is 54.7. The van der Waals surface area contributed by atoms with Crippen LogP contribution >= 0.6 is 0 Å². The number of carbonyl (C=O) groups excluding carboxylic acids is 3. The number of aliphatic carboxylic acids is 1. The Bertz CT molecular complexity index is 2620. The molecule has 0 spiro atoms. The zero-order chi connectivity index (χ0) is 64.9. The molecule has 8 fully saturated rings. The number of esters is 3. The SMILES string of the molecule is CC=C(C)C(=O)OC1C(OC(C)=O)C2(CO)C(O)CC3(C)C(=CCC4C5(C)CCC(OC6OC(C(=O)O)C(O)C(OC7OCC(O)C(O)C7OC7OCC(O)C(O)C7O)C6OC6OC(CO)C(O)C(O)C6O)C(C)(C(=O)OC)C5CCC43C)C2CC1(C)C. The number of carboxylic acid groups (broad SMARTS) is 1. The molecule has 30 unspecified atom stereocenters. The number of hydrogen-bond acceptors (Lipinski definition) is 27. The van der Waals surface area contributed by atoms with Crippen LogP contribution in [0.25, 0.3) is 0 Å². The smallest absolute Gasteiger partial charge is 0.335 e. The molecule has 4 saturated heterocycles. The summed E-state index contributed by atoms with van der Waals surface area (Å²) in [7, 11) is 1.20. The van der Waals surface area contributed by atoms with Crippen LogP contribution in [0.15, 0.2) is 23.3 Å². The molecule has 0 aromatic heterocycles. The Hall–Kier alpha value is -3.44. The number of aliphatic hydroxyl groups is 12. The molecule has 5 aliphatic carbocycles. The standard InChI is InChI=1S/C60H92O28/c1-11-24(2)49(76)88-46-47(81-25(3)63)60(23-62)27(18-55(46,4)5)26-12-13-31-56(6)16-15-34(59(9,54(77)78-10)32(56)14-17-57(31,7)58(26,8)19-33(60)66)83-53-45(87-51-40(72)38(70)37(69)30(20-61)82-51)42(41(73)43(85-53)48(74)75)84-52-44(36(68)29(65)22-80-52)86-50-39(71)35(67)28(64)21-79-50/h11-12,27-47,50-53,61-62,64-73H,13-23H2,1-10H3,(H,74,75). The van der Waals surface area contributed by atoms with Gasteiger partial charge in [-0.1, -0.05) is 52.3 Å². The highest BCUT2D eigenvalue weighted by atomic mass is 16.8. The van der Waals surface area contributed by atoms with E-state index in [0.29, 0.717) is 37.7 Å². The summed E-state index contributed by atoms with van der Waals surface area (Å²) < 4.78 is 66.3. The van der Waals surface area contributed by atoms with Crippen molar-refractivity contribution in [1.29, 1.82) is 0 Å². The van der Waals surface area contributed by atoms with Crippen molar-refractivity contribution in [3.63, 3.8) is 0 Å². The maximum atomic E-state index is 15.0. The second-order valence-corrected chi connectivity index (χ2v) is 27.6. The zero-order valence-electron chi connectivity index (χ0n) is 51.3. The van der Waals surface area contributed by atoms with E-state index in [1.807, 2.05) is 13.8 Å². The Morgan fingerprint density at radius 1 is 0.659 bits per heavy atom. The number of carbonyl (C=O) groups is 4. The maximum absolute atomic E-state index is 15.0. The maximum Gasteiger partial charge on any atom is 0.335 e. The van der Waals surface area contributed by atoms with Crippen LogP contribution in [0.5, 0.6) is 0 Å². The first kappa shape index (κ1) is 68.9. The van der Waals surface area contributed by atoms with Crippen molar-refractivity contribution in [2.75, 3.05) is 33.5 Å². The Kier molecular flexibility index (Phi) is 19.9. The van der Waals surface area contributed by atoms with Gasteiger partial charge in [0.2, 0.25) is 0 Å². The average molecular weight is 1260 g/mol. The van der Waals surface area contributed by atoms with Crippen molar-refractivity contribution in [2.24, 2.45) is 50.2 Å². The Balaban J connectivity index is 1.07. The fourth-order valence-electron chi connectivity index (χ4n) is 17.3. The van der Waals surface area contributed by atoms with Crippen LogP contribution in [0.4, 0.5) is 0 Å². The fourth-order valence-corrected chi connectivity index (χ4v) is 17.3. The van der Waals surface area contributed by atoms with E-state index >= 15 is 0 Å². The fraction of sp³-hybridized carbons (Fsp3) is 0.867. The van der Waals surface area contributed by atoms with Crippen molar-refractivity contribution in [3.05, 3.63) is 23.3 Å². The lowest BCUT2D eigenvalue weighted by atomic mass is 9.33. The molecule has 4 heterocycles. The van der Waals surface area contributed by atoms with E-state index in [-0.39, 0.29) is 18.8 Å². The number of aliphatic hydroxyl groups excluding tert-OH is 12. The molecular formula is C60H92O28. The molecule has 30 atom stereocenters. The second-order valence-electron chi connectivity index (χ2n) is 27.6. The van der Waals surface area contributed by atoms with E-state index in [9.17, 15) is 85.6 Å². The number of rotatable bonds is 15. The number of allylic oxidation sites excluding steroid dienone is 3. The third-order valence-corrected chi connectivity index (χ3v) is 22.5. The highest BCUT2D eigenvalue weighted by Gasteiger charge is 2.75. The van der Waals surface area contributed by atoms with Gasteiger partial charge >= 0.3 is 23.9 Å². The van der Waals surface area contributed by atoms with Gasteiger partial charge in [-0.2, -0.15) is 0 Å². The molecule has 13 N–H and O–H groups in total. The predicted octanol–water partition coefficient (Wildman–Crippen LogP) is -2.04. The summed E-state index contributed by atoms with van der Waals surface area (Å²) in [6, 6.07) is 0. The third kappa shape index (κ3) is 11.2. The monoisotopic (exact) mass is 1260 g/mol. The minimum absolute atomic E-state index is 0.0385. The summed E-state index contributed by atoms with van der Waals surface area (Å²) in [5, 5.41) is 144. The molecule has 28 heteroatoms. The second kappa shape index (κ2) is 25.5. The Morgan fingerprint density at radius 3 is 1.90 bits per heavy atom. The quantitative estimate of drug-likeness (QED) is 0.0276.